The van der Waals surface area contributed by atoms with E-state index in [1.54, 1.807) is 30.1 Å². The lowest BCUT2D eigenvalue weighted by Gasteiger charge is -2.46. The normalized spacial score (nSPS) is 21.0. The number of hydrogen-bond acceptors (Lipinski definition) is 8. The number of cyclic esters (lactones) is 1. The number of aryl methyl sites for hydroxylation is 1. The minimum Gasteiger partial charge on any atom is -0.457 e. The molecule has 34 heavy (non-hydrogen) atoms. The third-order valence-corrected chi connectivity index (χ3v) is 7.38. The number of piperazine rings is 1. The highest BCUT2D eigenvalue weighted by Crippen LogP contribution is 2.32. The second-order valence-electron chi connectivity index (χ2n) is 9.32. The van der Waals surface area contributed by atoms with Crippen molar-refractivity contribution in [2.45, 2.75) is 38.0 Å². The minimum absolute atomic E-state index is 0.0239. The number of benzene rings is 1. The van der Waals surface area contributed by atoms with E-state index in [4.69, 9.17) is 4.74 Å². The number of nitrogens with one attached hydrogen (secondary N) is 1. The van der Waals surface area contributed by atoms with Crippen LogP contribution in [0.5, 0.6) is 0 Å². The lowest BCUT2D eigenvalue weighted by atomic mass is 9.84. The number of aliphatic hydroxyl groups is 1. The molecule has 3 aliphatic heterocycles. The van der Waals surface area contributed by atoms with Crippen LogP contribution in [0.2, 0.25) is 0 Å². The molecule has 1 amide bonds. The highest BCUT2D eigenvalue weighted by atomic mass is 16.5. The molecule has 180 valence electrons. The Labute approximate surface area is 197 Å². The highest BCUT2D eigenvalue weighted by Gasteiger charge is 2.46. The second kappa shape index (κ2) is 8.61. The van der Waals surface area contributed by atoms with Gasteiger partial charge in [0.25, 0.3) is 5.56 Å². The number of ether oxygens (including phenoxy) is 1. The van der Waals surface area contributed by atoms with Crippen molar-refractivity contribution in [3.8, 4) is 0 Å². The summed E-state index contributed by atoms with van der Waals surface area (Å²) in [6.45, 7) is 5.08. The van der Waals surface area contributed by atoms with Crippen molar-refractivity contribution in [3.63, 3.8) is 0 Å². The molecule has 0 bridgehead atoms. The molecule has 2 N–H and O–H groups in total. The number of aromatic nitrogens is 2. The Hall–Kier alpha value is -3.08. The van der Waals surface area contributed by atoms with Crippen molar-refractivity contribution in [1.82, 2.24) is 20.0 Å². The van der Waals surface area contributed by atoms with Crippen LogP contribution in [-0.4, -0.2) is 69.9 Å². The summed E-state index contributed by atoms with van der Waals surface area (Å²) in [5.41, 5.74) is 2.24. The predicted octanol–water partition coefficient (Wildman–Crippen LogP) is 0.264. The van der Waals surface area contributed by atoms with Gasteiger partial charge in [-0.2, -0.15) is 5.10 Å². The molecule has 4 heterocycles. The number of carbonyl (C=O) groups is 2. The predicted molar refractivity (Wildman–Crippen MR) is 123 cm³/mol. The zero-order chi connectivity index (χ0) is 24.0. The molecule has 0 aliphatic carbocycles. The Morgan fingerprint density at radius 1 is 1.15 bits per heavy atom. The average Bonchev–Trinajstić information content (AvgIpc) is 3.21. The standard InChI is InChI=1S/C24H29N5O5/c1-15-16(3-4-17-18(15)14-34-22(17)32)19(30)13-28-10-7-24(8-11-28)23(33)29(12-9-25-24)20-5-6-21(31)27(2)26-20/h3-6,19,25,30H,7-14H2,1-2H3. The van der Waals surface area contributed by atoms with Crippen LogP contribution >= 0.6 is 0 Å². The molecule has 10 heteroatoms. The van der Waals surface area contributed by atoms with E-state index >= 15 is 0 Å². The molecule has 2 aromatic rings. The SMILES string of the molecule is Cc1c(C(O)CN2CCC3(CC2)NCCN(c2ccc(=O)n(C)n2)C3=O)ccc2c1COC2=O. The number of piperidine rings is 1. The van der Waals surface area contributed by atoms with Crippen LogP contribution in [0, 0.1) is 6.92 Å². The lowest BCUT2D eigenvalue weighted by molar-refractivity contribution is -0.128. The fraction of sp³-hybridized carbons (Fsp3) is 0.500. The molecule has 2 saturated heterocycles. The third-order valence-electron chi connectivity index (χ3n) is 7.38. The number of nitrogens with zero attached hydrogens (tertiary/aromatic N) is 4. The van der Waals surface area contributed by atoms with Crippen LogP contribution in [-0.2, 0) is 23.2 Å². The Bertz CT molecular complexity index is 1200. The van der Waals surface area contributed by atoms with E-state index in [1.807, 2.05) is 6.92 Å². The van der Waals surface area contributed by atoms with E-state index in [2.05, 4.69) is 15.3 Å². The number of amides is 1. The number of carbonyl (C=O) groups excluding carboxylic acids is 2. The van der Waals surface area contributed by atoms with Gasteiger partial charge in [-0.1, -0.05) is 6.07 Å². The number of esters is 1. The van der Waals surface area contributed by atoms with Gasteiger partial charge in [-0.25, -0.2) is 9.48 Å². The largest absolute Gasteiger partial charge is 0.457 e. The molecule has 1 spiro atoms. The summed E-state index contributed by atoms with van der Waals surface area (Å²) in [5.74, 6) is 0.150. The van der Waals surface area contributed by atoms with Crippen LogP contribution in [0.3, 0.4) is 0 Å². The summed E-state index contributed by atoms with van der Waals surface area (Å²) >= 11 is 0. The van der Waals surface area contributed by atoms with Crippen molar-refractivity contribution in [3.05, 3.63) is 56.9 Å². The van der Waals surface area contributed by atoms with Crippen molar-refractivity contribution in [1.29, 1.82) is 0 Å². The summed E-state index contributed by atoms with van der Waals surface area (Å²) < 4.78 is 6.36. The van der Waals surface area contributed by atoms with Gasteiger partial charge in [0.1, 0.15) is 12.1 Å². The number of rotatable bonds is 4. The number of fused-ring (bicyclic) bond motifs is 1. The minimum atomic E-state index is -0.698. The zero-order valence-electron chi connectivity index (χ0n) is 19.4. The zero-order valence-corrected chi connectivity index (χ0v) is 19.4. The molecule has 1 aromatic carbocycles. The number of hydrogen-bond donors (Lipinski definition) is 2. The molecule has 10 nitrogen and oxygen atoms in total. The Morgan fingerprint density at radius 3 is 2.65 bits per heavy atom. The smallest absolute Gasteiger partial charge is 0.338 e. The van der Waals surface area contributed by atoms with Crippen molar-refractivity contribution in [2.24, 2.45) is 7.05 Å². The molecule has 1 atom stereocenters. The fourth-order valence-electron chi connectivity index (χ4n) is 5.27. The topological polar surface area (TPSA) is 117 Å². The molecular weight excluding hydrogens is 438 g/mol. The summed E-state index contributed by atoms with van der Waals surface area (Å²) in [4.78, 5) is 40.8. The second-order valence-corrected chi connectivity index (χ2v) is 9.32. The molecule has 0 radical (unpaired) electrons. The van der Waals surface area contributed by atoms with Gasteiger partial charge in [-0.15, -0.1) is 0 Å². The van der Waals surface area contributed by atoms with Gasteiger partial charge in [0, 0.05) is 51.4 Å². The first-order valence-corrected chi connectivity index (χ1v) is 11.6. The Kier molecular flexibility index (Phi) is 5.75. The average molecular weight is 468 g/mol. The molecule has 1 unspecified atom stereocenters. The Balaban J connectivity index is 1.25. The van der Waals surface area contributed by atoms with Crippen LogP contribution < -0.4 is 15.8 Å². The van der Waals surface area contributed by atoms with Crippen molar-refractivity contribution < 1.29 is 19.4 Å². The number of aliphatic hydroxyl groups excluding tert-OH is 1. The van der Waals surface area contributed by atoms with Crippen molar-refractivity contribution in [2.75, 3.05) is 37.6 Å². The summed E-state index contributed by atoms with van der Waals surface area (Å²) in [6, 6.07) is 6.56. The fourth-order valence-corrected chi connectivity index (χ4v) is 5.27. The summed E-state index contributed by atoms with van der Waals surface area (Å²) in [6.07, 6.45) is 0.537. The monoisotopic (exact) mass is 467 g/mol. The van der Waals surface area contributed by atoms with Gasteiger partial charge in [0.05, 0.1) is 11.7 Å². The summed E-state index contributed by atoms with van der Waals surface area (Å²) in [5, 5.41) is 18.6. The summed E-state index contributed by atoms with van der Waals surface area (Å²) in [7, 11) is 1.58. The van der Waals surface area contributed by atoms with E-state index in [1.165, 1.54) is 10.7 Å². The van der Waals surface area contributed by atoms with Gasteiger partial charge >= 0.3 is 5.97 Å². The molecule has 5 rings (SSSR count). The van der Waals surface area contributed by atoms with E-state index in [9.17, 15) is 19.5 Å². The van der Waals surface area contributed by atoms with Crippen LogP contribution in [0.15, 0.2) is 29.1 Å². The lowest BCUT2D eigenvalue weighted by Crippen LogP contribution is -2.68. The number of β-amino-alcohol motifs (C(OH)–C–C–N with tert-alkyl or cyclic N) is 1. The van der Waals surface area contributed by atoms with E-state index in [0.717, 1.165) is 16.7 Å². The van der Waals surface area contributed by atoms with Gasteiger partial charge in [-0.3, -0.25) is 14.5 Å². The molecule has 0 saturated carbocycles. The third kappa shape index (κ3) is 3.81. The van der Waals surface area contributed by atoms with Gasteiger partial charge in [0.15, 0.2) is 5.82 Å². The van der Waals surface area contributed by atoms with E-state index in [0.29, 0.717) is 56.9 Å². The van der Waals surface area contributed by atoms with E-state index < -0.39 is 11.6 Å². The maximum absolute atomic E-state index is 13.5. The first-order chi connectivity index (χ1) is 16.3. The van der Waals surface area contributed by atoms with Gasteiger partial charge < -0.3 is 20.1 Å². The van der Waals surface area contributed by atoms with Gasteiger partial charge in [-0.05, 0) is 43.0 Å². The van der Waals surface area contributed by atoms with Crippen molar-refractivity contribution >= 4 is 17.7 Å². The number of anilines is 1. The maximum Gasteiger partial charge on any atom is 0.338 e. The molecule has 3 aliphatic rings. The molecule has 2 fully saturated rings. The van der Waals surface area contributed by atoms with Crippen LogP contribution in [0.1, 0.15) is 46.0 Å². The Morgan fingerprint density at radius 2 is 1.91 bits per heavy atom. The first-order valence-electron chi connectivity index (χ1n) is 11.6. The molecule has 1 aromatic heterocycles. The van der Waals surface area contributed by atoms with Gasteiger partial charge in [0.2, 0.25) is 5.91 Å². The number of likely N-dealkylation sites (tertiary alicyclic amines) is 1. The maximum atomic E-state index is 13.5. The highest BCUT2D eigenvalue weighted by molar-refractivity contribution is 6.00. The van der Waals surface area contributed by atoms with Crippen LogP contribution in [0.25, 0.3) is 0 Å². The van der Waals surface area contributed by atoms with Crippen LogP contribution in [0.4, 0.5) is 5.82 Å². The first kappa shape index (κ1) is 22.7. The quantitative estimate of drug-likeness (QED) is 0.616. The van der Waals surface area contributed by atoms with E-state index in [-0.39, 0.29) is 24.0 Å². The molecular formula is C24H29N5O5.